The van der Waals surface area contributed by atoms with Gasteiger partial charge in [0.05, 0.1) is 0 Å². The van der Waals surface area contributed by atoms with Crippen molar-refractivity contribution in [1.29, 1.82) is 0 Å². The van der Waals surface area contributed by atoms with Crippen LogP contribution in [-0.2, 0) is 6.42 Å². The number of benzene rings is 1. The minimum atomic E-state index is 0.197. The smallest absolute Gasteiger partial charge is 0.194 e. The topological polar surface area (TPSA) is 77.2 Å². The van der Waals surface area contributed by atoms with Gasteiger partial charge >= 0.3 is 0 Å². The van der Waals surface area contributed by atoms with Gasteiger partial charge in [0, 0.05) is 12.1 Å². The highest BCUT2D eigenvalue weighted by Crippen LogP contribution is 2.20. The largest absolute Gasteiger partial charge is 0.411 e. The molecule has 5 nitrogen and oxygen atoms in total. The summed E-state index contributed by atoms with van der Waals surface area (Å²) in [7, 11) is 0. The molecule has 0 atom stereocenters. The number of anilines is 1. The number of aryl methyl sites for hydroxylation is 1. The first-order valence-corrected chi connectivity index (χ1v) is 4.63. The van der Waals surface area contributed by atoms with E-state index >= 15 is 0 Å². The molecule has 0 aliphatic carbocycles. The average molecular weight is 205 g/mol. The molecule has 0 aromatic heterocycles. The van der Waals surface area contributed by atoms with E-state index in [4.69, 9.17) is 10.4 Å². The fourth-order valence-electron chi connectivity index (χ4n) is 1.61. The monoisotopic (exact) mass is 205 g/mol. The fraction of sp³-hybridized carbons (Fsp3) is 0.200. The first kappa shape index (κ1) is 9.51. The molecule has 1 aromatic carbocycles. The third-order valence-corrected chi connectivity index (χ3v) is 2.40. The van der Waals surface area contributed by atoms with Crippen molar-refractivity contribution in [1.82, 2.24) is 0 Å². The minimum absolute atomic E-state index is 0.197. The molecule has 15 heavy (non-hydrogen) atoms. The summed E-state index contributed by atoms with van der Waals surface area (Å²) in [5.74, 6) is 0.197. The lowest BCUT2D eigenvalue weighted by atomic mass is 10.1. The standard InChI is InChI=1S/C10H11N3O2/c14-12-9-6-5-7-3-1-2-4-8(7)11-10(9)13-15/h1-4,14-15H,5-6H2,(H,11,13). The van der Waals surface area contributed by atoms with E-state index in [1.807, 2.05) is 24.3 Å². The second-order valence-electron chi connectivity index (χ2n) is 3.28. The van der Waals surface area contributed by atoms with Gasteiger partial charge in [-0.15, -0.1) is 0 Å². The predicted molar refractivity (Wildman–Crippen MR) is 56.8 cm³/mol. The van der Waals surface area contributed by atoms with Crippen LogP contribution >= 0.6 is 0 Å². The molecule has 2 rings (SSSR count). The van der Waals surface area contributed by atoms with Crippen LogP contribution < -0.4 is 5.32 Å². The number of nitrogens with zero attached hydrogens (tertiary/aromatic N) is 2. The SMILES string of the molecule is ON=C1CCc2ccccc2NC1=NO. The molecule has 0 spiro atoms. The number of hydrogen-bond donors (Lipinski definition) is 3. The molecule has 3 N–H and O–H groups in total. The molecule has 0 saturated heterocycles. The number of para-hydroxylation sites is 1. The van der Waals surface area contributed by atoms with Gasteiger partial charge in [-0.1, -0.05) is 28.5 Å². The Bertz CT molecular complexity index is 426. The number of amidine groups is 1. The van der Waals surface area contributed by atoms with Crippen LogP contribution in [0.5, 0.6) is 0 Å². The first-order valence-electron chi connectivity index (χ1n) is 4.63. The summed E-state index contributed by atoms with van der Waals surface area (Å²) in [4.78, 5) is 0. The molecule has 1 aliphatic heterocycles. The second kappa shape index (κ2) is 4.00. The molecule has 5 heteroatoms. The Balaban J connectivity index is 2.41. The highest BCUT2D eigenvalue weighted by molar-refractivity contribution is 6.45. The van der Waals surface area contributed by atoms with E-state index in [0.717, 1.165) is 17.7 Å². The van der Waals surface area contributed by atoms with Gasteiger partial charge in [0.25, 0.3) is 0 Å². The van der Waals surface area contributed by atoms with Gasteiger partial charge in [-0.25, -0.2) is 0 Å². The lowest BCUT2D eigenvalue weighted by molar-refractivity contribution is 0.313. The molecule has 0 radical (unpaired) electrons. The van der Waals surface area contributed by atoms with Crippen LogP contribution in [0.2, 0.25) is 0 Å². The zero-order valence-electron chi connectivity index (χ0n) is 8.01. The summed E-state index contributed by atoms with van der Waals surface area (Å²) in [6.45, 7) is 0. The number of fused-ring (bicyclic) bond motifs is 1. The first-order chi connectivity index (χ1) is 7.35. The van der Waals surface area contributed by atoms with Crippen molar-refractivity contribution in [2.45, 2.75) is 12.8 Å². The molecule has 1 aliphatic rings. The number of nitrogens with one attached hydrogen (secondary N) is 1. The molecule has 0 amide bonds. The van der Waals surface area contributed by atoms with Crippen LogP contribution in [0, 0.1) is 0 Å². The van der Waals surface area contributed by atoms with Crippen molar-refractivity contribution in [3.63, 3.8) is 0 Å². The van der Waals surface area contributed by atoms with Crippen LogP contribution in [-0.4, -0.2) is 22.0 Å². The Morgan fingerprint density at radius 3 is 2.60 bits per heavy atom. The van der Waals surface area contributed by atoms with Crippen molar-refractivity contribution < 1.29 is 10.4 Å². The van der Waals surface area contributed by atoms with E-state index in [1.165, 1.54) is 0 Å². The lowest BCUT2D eigenvalue weighted by Crippen LogP contribution is -2.21. The van der Waals surface area contributed by atoms with Gasteiger partial charge in [0.1, 0.15) is 5.71 Å². The van der Waals surface area contributed by atoms with E-state index in [9.17, 15) is 0 Å². The Kier molecular flexibility index (Phi) is 2.53. The molecule has 1 heterocycles. The highest BCUT2D eigenvalue weighted by atomic mass is 16.4. The molecule has 1 aromatic rings. The highest BCUT2D eigenvalue weighted by Gasteiger charge is 2.17. The van der Waals surface area contributed by atoms with Crippen molar-refractivity contribution in [3.8, 4) is 0 Å². The summed E-state index contributed by atoms with van der Waals surface area (Å²) < 4.78 is 0. The van der Waals surface area contributed by atoms with Crippen LogP contribution in [0.4, 0.5) is 5.69 Å². The van der Waals surface area contributed by atoms with Crippen LogP contribution in [0.25, 0.3) is 0 Å². The molecular weight excluding hydrogens is 194 g/mol. The quantitative estimate of drug-likeness (QED) is 0.445. The van der Waals surface area contributed by atoms with E-state index in [1.54, 1.807) is 0 Å². The molecule has 0 unspecified atom stereocenters. The maximum absolute atomic E-state index is 8.78. The van der Waals surface area contributed by atoms with Gasteiger partial charge < -0.3 is 15.7 Å². The van der Waals surface area contributed by atoms with Crippen LogP contribution in [0.3, 0.4) is 0 Å². The normalized spacial score (nSPS) is 20.8. The predicted octanol–water partition coefficient (Wildman–Crippen LogP) is 1.66. The maximum Gasteiger partial charge on any atom is 0.194 e. The Morgan fingerprint density at radius 2 is 1.87 bits per heavy atom. The fourth-order valence-corrected chi connectivity index (χ4v) is 1.61. The zero-order valence-corrected chi connectivity index (χ0v) is 8.01. The van der Waals surface area contributed by atoms with Crippen molar-refractivity contribution in [3.05, 3.63) is 29.8 Å². The van der Waals surface area contributed by atoms with Gasteiger partial charge in [-0.3, -0.25) is 0 Å². The van der Waals surface area contributed by atoms with Crippen LogP contribution in [0.15, 0.2) is 34.6 Å². The third-order valence-electron chi connectivity index (χ3n) is 2.40. The molecule has 0 saturated carbocycles. The molecule has 0 fully saturated rings. The second-order valence-corrected chi connectivity index (χ2v) is 3.28. The summed E-state index contributed by atoms with van der Waals surface area (Å²) in [5, 5.41) is 26.6. The number of rotatable bonds is 0. The van der Waals surface area contributed by atoms with Gasteiger partial charge in [0.15, 0.2) is 5.84 Å². The van der Waals surface area contributed by atoms with E-state index < -0.39 is 0 Å². The summed E-state index contributed by atoms with van der Waals surface area (Å²) in [5.41, 5.74) is 2.34. The Morgan fingerprint density at radius 1 is 1.07 bits per heavy atom. The van der Waals surface area contributed by atoms with Crippen molar-refractivity contribution in [2.75, 3.05) is 5.32 Å². The number of hydrogen-bond acceptors (Lipinski definition) is 4. The molecular formula is C10H11N3O2. The summed E-state index contributed by atoms with van der Waals surface area (Å²) >= 11 is 0. The van der Waals surface area contributed by atoms with Crippen molar-refractivity contribution >= 4 is 17.2 Å². The Hall–Kier alpha value is -2.04. The van der Waals surface area contributed by atoms with Gasteiger partial charge in [0.2, 0.25) is 0 Å². The van der Waals surface area contributed by atoms with Crippen LogP contribution in [0.1, 0.15) is 12.0 Å². The Labute approximate surface area is 86.7 Å². The third kappa shape index (κ3) is 1.76. The van der Waals surface area contributed by atoms with Gasteiger partial charge in [-0.05, 0) is 18.1 Å². The number of oxime groups is 2. The maximum atomic E-state index is 8.78. The molecule has 0 bridgehead atoms. The minimum Gasteiger partial charge on any atom is -0.411 e. The van der Waals surface area contributed by atoms with E-state index in [0.29, 0.717) is 12.1 Å². The van der Waals surface area contributed by atoms with E-state index in [-0.39, 0.29) is 5.84 Å². The molecule has 78 valence electrons. The lowest BCUT2D eigenvalue weighted by Gasteiger charge is -2.06. The van der Waals surface area contributed by atoms with E-state index in [2.05, 4.69) is 15.6 Å². The summed E-state index contributed by atoms with van der Waals surface area (Å²) in [6.07, 6.45) is 1.29. The zero-order chi connectivity index (χ0) is 10.7. The summed E-state index contributed by atoms with van der Waals surface area (Å²) in [6, 6.07) is 7.71. The average Bonchev–Trinajstić information content (AvgIpc) is 2.47. The van der Waals surface area contributed by atoms with Crippen molar-refractivity contribution in [2.24, 2.45) is 10.3 Å². The van der Waals surface area contributed by atoms with Gasteiger partial charge in [-0.2, -0.15) is 0 Å².